The molecule has 1 aliphatic rings. The first-order chi connectivity index (χ1) is 9.58. The van der Waals surface area contributed by atoms with E-state index in [-0.39, 0.29) is 12.3 Å². The summed E-state index contributed by atoms with van der Waals surface area (Å²) in [4.78, 5) is 23.9. The number of carboxylic acid groups (broad SMARTS) is 1. The van der Waals surface area contributed by atoms with E-state index in [2.05, 4.69) is 12.2 Å². The molecule has 0 saturated carbocycles. The molecule has 4 nitrogen and oxygen atoms in total. The van der Waals surface area contributed by atoms with Gasteiger partial charge < -0.3 is 10.4 Å². The average molecular weight is 295 g/mol. The molecular formula is C15H21NO3S. The van der Waals surface area contributed by atoms with Crippen molar-refractivity contribution in [2.75, 3.05) is 6.54 Å². The molecule has 0 aromatic carbocycles. The Labute approximate surface area is 123 Å². The highest BCUT2D eigenvalue weighted by atomic mass is 32.1. The lowest BCUT2D eigenvalue weighted by atomic mass is 9.88. The maximum absolute atomic E-state index is 12.1. The van der Waals surface area contributed by atoms with E-state index in [0.29, 0.717) is 25.3 Å². The number of unbranched alkanes of at least 4 members (excludes halogenated alkanes) is 1. The summed E-state index contributed by atoms with van der Waals surface area (Å²) in [5.41, 5.74) is 2.06. The monoisotopic (exact) mass is 295 g/mol. The lowest BCUT2D eigenvalue weighted by Gasteiger charge is -2.18. The SMILES string of the molecule is CC1CCc2c(C(=O)NCCCCC(=O)O)csc2C1. The molecular weight excluding hydrogens is 274 g/mol. The van der Waals surface area contributed by atoms with Gasteiger partial charge in [0, 0.05) is 23.2 Å². The van der Waals surface area contributed by atoms with E-state index >= 15 is 0 Å². The van der Waals surface area contributed by atoms with Crippen molar-refractivity contribution in [2.24, 2.45) is 5.92 Å². The van der Waals surface area contributed by atoms with E-state index in [1.165, 1.54) is 10.4 Å². The van der Waals surface area contributed by atoms with E-state index in [0.717, 1.165) is 24.8 Å². The number of nitrogens with one attached hydrogen (secondary N) is 1. The summed E-state index contributed by atoms with van der Waals surface area (Å²) in [6, 6.07) is 0. The second kappa shape index (κ2) is 6.88. The average Bonchev–Trinajstić information content (AvgIpc) is 2.80. The summed E-state index contributed by atoms with van der Waals surface area (Å²) >= 11 is 1.69. The summed E-state index contributed by atoms with van der Waals surface area (Å²) in [5.74, 6) is -0.0715. The van der Waals surface area contributed by atoms with Crippen LogP contribution in [0.4, 0.5) is 0 Å². The fourth-order valence-corrected chi connectivity index (χ4v) is 3.81. The lowest BCUT2D eigenvalue weighted by Crippen LogP contribution is -2.25. The molecule has 1 atom stereocenters. The molecule has 0 spiro atoms. The number of carboxylic acids is 1. The zero-order valence-electron chi connectivity index (χ0n) is 11.8. The maximum atomic E-state index is 12.1. The zero-order chi connectivity index (χ0) is 14.5. The summed E-state index contributed by atoms with van der Waals surface area (Å²) in [7, 11) is 0. The van der Waals surface area contributed by atoms with Crippen molar-refractivity contribution in [3.05, 3.63) is 21.4 Å². The van der Waals surface area contributed by atoms with Crippen molar-refractivity contribution in [1.29, 1.82) is 0 Å². The van der Waals surface area contributed by atoms with Crippen LogP contribution in [0.1, 0.15) is 53.4 Å². The molecule has 1 aromatic heterocycles. The second-order valence-electron chi connectivity index (χ2n) is 5.51. The Morgan fingerprint density at radius 3 is 3.00 bits per heavy atom. The highest BCUT2D eigenvalue weighted by Crippen LogP contribution is 2.32. The molecule has 0 bridgehead atoms. The van der Waals surface area contributed by atoms with Gasteiger partial charge in [-0.05, 0) is 43.6 Å². The van der Waals surface area contributed by atoms with Crippen molar-refractivity contribution in [3.8, 4) is 0 Å². The highest BCUT2D eigenvalue weighted by Gasteiger charge is 2.22. The fourth-order valence-electron chi connectivity index (χ4n) is 2.57. The van der Waals surface area contributed by atoms with Gasteiger partial charge in [-0.25, -0.2) is 0 Å². The molecule has 0 aliphatic heterocycles. The Morgan fingerprint density at radius 2 is 2.25 bits per heavy atom. The van der Waals surface area contributed by atoms with E-state index in [4.69, 9.17) is 5.11 Å². The van der Waals surface area contributed by atoms with Gasteiger partial charge in [-0.3, -0.25) is 9.59 Å². The number of carbonyl (C=O) groups excluding carboxylic acids is 1. The van der Waals surface area contributed by atoms with E-state index in [1.807, 2.05) is 5.38 Å². The first kappa shape index (κ1) is 15.0. The molecule has 5 heteroatoms. The van der Waals surface area contributed by atoms with Crippen LogP contribution in [0, 0.1) is 5.92 Å². The molecule has 1 amide bonds. The fraction of sp³-hybridized carbons (Fsp3) is 0.600. The van der Waals surface area contributed by atoms with Gasteiger partial charge >= 0.3 is 5.97 Å². The first-order valence-corrected chi connectivity index (χ1v) is 8.05. The minimum Gasteiger partial charge on any atom is -0.481 e. The normalized spacial score (nSPS) is 17.6. The maximum Gasteiger partial charge on any atom is 0.303 e. The molecule has 1 unspecified atom stereocenters. The van der Waals surface area contributed by atoms with Crippen molar-refractivity contribution in [2.45, 2.75) is 45.4 Å². The Hall–Kier alpha value is -1.36. The van der Waals surface area contributed by atoms with E-state index < -0.39 is 5.97 Å². The quantitative estimate of drug-likeness (QED) is 0.793. The Bertz CT molecular complexity index is 495. The van der Waals surface area contributed by atoms with Crippen LogP contribution in [0.25, 0.3) is 0 Å². The Morgan fingerprint density at radius 1 is 1.45 bits per heavy atom. The number of amides is 1. The molecule has 20 heavy (non-hydrogen) atoms. The summed E-state index contributed by atoms with van der Waals surface area (Å²) in [6.07, 6.45) is 4.73. The molecule has 1 heterocycles. The predicted octanol–water partition coefficient (Wildman–Crippen LogP) is 2.86. The zero-order valence-corrected chi connectivity index (χ0v) is 12.6. The third-order valence-electron chi connectivity index (χ3n) is 3.75. The molecule has 2 N–H and O–H groups in total. The minimum atomic E-state index is -0.780. The predicted molar refractivity (Wildman–Crippen MR) is 79.3 cm³/mol. The summed E-state index contributed by atoms with van der Waals surface area (Å²) in [5, 5.41) is 13.4. The van der Waals surface area contributed by atoms with Gasteiger partial charge in [-0.1, -0.05) is 6.92 Å². The highest BCUT2D eigenvalue weighted by molar-refractivity contribution is 7.10. The van der Waals surface area contributed by atoms with Gasteiger partial charge in [0.2, 0.25) is 0 Å². The van der Waals surface area contributed by atoms with Crippen LogP contribution in [0.2, 0.25) is 0 Å². The van der Waals surface area contributed by atoms with E-state index in [9.17, 15) is 9.59 Å². The summed E-state index contributed by atoms with van der Waals surface area (Å²) < 4.78 is 0. The number of fused-ring (bicyclic) bond motifs is 1. The molecule has 0 radical (unpaired) electrons. The molecule has 2 rings (SSSR count). The standard InChI is InChI=1S/C15H21NO3S/c1-10-5-6-11-12(9-20-13(11)8-10)15(19)16-7-3-2-4-14(17)18/h9-10H,2-8H2,1H3,(H,16,19)(H,17,18). The van der Waals surface area contributed by atoms with Crippen molar-refractivity contribution < 1.29 is 14.7 Å². The van der Waals surface area contributed by atoms with Crippen LogP contribution in [0.3, 0.4) is 0 Å². The third kappa shape index (κ3) is 3.82. The van der Waals surface area contributed by atoms with Crippen molar-refractivity contribution >= 4 is 23.2 Å². The summed E-state index contributed by atoms with van der Waals surface area (Å²) in [6.45, 7) is 2.80. The van der Waals surface area contributed by atoms with Crippen LogP contribution in [0.5, 0.6) is 0 Å². The first-order valence-electron chi connectivity index (χ1n) is 7.17. The number of hydrogen-bond acceptors (Lipinski definition) is 3. The van der Waals surface area contributed by atoms with Crippen LogP contribution in [-0.2, 0) is 17.6 Å². The molecule has 1 aromatic rings. The van der Waals surface area contributed by atoms with Gasteiger partial charge in [0.15, 0.2) is 0 Å². The smallest absolute Gasteiger partial charge is 0.303 e. The molecule has 0 saturated heterocycles. The largest absolute Gasteiger partial charge is 0.481 e. The minimum absolute atomic E-state index is 0.00706. The number of thiophene rings is 1. The van der Waals surface area contributed by atoms with Crippen LogP contribution >= 0.6 is 11.3 Å². The van der Waals surface area contributed by atoms with Crippen molar-refractivity contribution in [3.63, 3.8) is 0 Å². The van der Waals surface area contributed by atoms with Gasteiger partial charge in [0.25, 0.3) is 5.91 Å². The van der Waals surface area contributed by atoms with Gasteiger partial charge in [0.1, 0.15) is 0 Å². The number of carbonyl (C=O) groups is 2. The molecule has 0 fully saturated rings. The van der Waals surface area contributed by atoms with Crippen molar-refractivity contribution in [1.82, 2.24) is 5.32 Å². The number of aliphatic carboxylic acids is 1. The molecule has 1 aliphatic carbocycles. The van der Waals surface area contributed by atoms with Crippen LogP contribution in [0.15, 0.2) is 5.38 Å². The number of hydrogen-bond donors (Lipinski definition) is 2. The third-order valence-corrected chi connectivity index (χ3v) is 4.80. The number of rotatable bonds is 6. The molecule has 110 valence electrons. The topological polar surface area (TPSA) is 66.4 Å². The van der Waals surface area contributed by atoms with Crippen LogP contribution < -0.4 is 5.32 Å². The lowest BCUT2D eigenvalue weighted by molar-refractivity contribution is -0.137. The van der Waals surface area contributed by atoms with Gasteiger partial charge in [0.05, 0.1) is 5.56 Å². The second-order valence-corrected chi connectivity index (χ2v) is 6.47. The Kier molecular flexibility index (Phi) is 5.17. The van der Waals surface area contributed by atoms with Gasteiger partial charge in [-0.15, -0.1) is 11.3 Å². The van der Waals surface area contributed by atoms with Gasteiger partial charge in [-0.2, -0.15) is 0 Å². The van der Waals surface area contributed by atoms with E-state index in [1.54, 1.807) is 11.3 Å². The Balaban J connectivity index is 1.83. The van der Waals surface area contributed by atoms with Crippen LogP contribution in [-0.4, -0.2) is 23.5 Å².